The van der Waals surface area contributed by atoms with Crippen LogP contribution in [0.5, 0.6) is 5.75 Å². The molecule has 3 aromatic carbocycles. The standard InChI is InChI=1S/C26H22N2O3/c1-17-10-12-19(13-11-17)23-24(27-15-14-18-6-3-4-9-22(18)27)26(30)28(25(23)29)20-7-5-8-21(16-20)31-2/h3-13,16H,14-15H2,1-2H3. The summed E-state index contributed by atoms with van der Waals surface area (Å²) in [4.78, 5) is 30.6. The lowest BCUT2D eigenvalue weighted by atomic mass is 10.0. The van der Waals surface area contributed by atoms with Gasteiger partial charge in [0.25, 0.3) is 11.8 Å². The van der Waals surface area contributed by atoms with Gasteiger partial charge in [0.15, 0.2) is 0 Å². The smallest absolute Gasteiger partial charge is 0.282 e. The van der Waals surface area contributed by atoms with E-state index in [1.807, 2.05) is 54.3 Å². The summed E-state index contributed by atoms with van der Waals surface area (Å²) in [5.74, 6) is -0.0398. The molecule has 0 fully saturated rings. The van der Waals surface area contributed by atoms with Gasteiger partial charge in [0.05, 0.1) is 18.4 Å². The fourth-order valence-electron chi connectivity index (χ4n) is 4.30. The zero-order chi connectivity index (χ0) is 21.5. The van der Waals surface area contributed by atoms with Crippen LogP contribution in [-0.4, -0.2) is 25.5 Å². The number of nitrogens with zero attached hydrogens (tertiary/aromatic N) is 2. The summed E-state index contributed by atoms with van der Waals surface area (Å²) in [6.45, 7) is 2.66. The van der Waals surface area contributed by atoms with Gasteiger partial charge in [0.2, 0.25) is 0 Å². The minimum atomic E-state index is -0.318. The van der Waals surface area contributed by atoms with Crippen molar-refractivity contribution in [2.45, 2.75) is 13.3 Å². The molecule has 5 rings (SSSR count). The van der Waals surface area contributed by atoms with E-state index in [2.05, 4.69) is 6.07 Å². The molecule has 0 N–H and O–H groups in total. The molecule has 31 heavy (non-hydrogen) atoms. The molecule has 2 aliphatic heterocycles. The van der Waals surface area contributed by atoms with Crippen LogP contribution in [0.25, 0.3) is 5.57 Å². The quantitative estimate of drug-likeness (QED) is 0.600. The number of para-hydroxylation sites is 1. The third kappa shape index (κ3) is 3.10. The summed E-state index contributed by atoms with van der Waals surface area (Å²) in [5.41, 5.74) is 5.37. The average Bonchev–Trinajstić information content (AvgIpc) is 3.32. The second-order valence-corrected chi connectivity index (χ2v) is 7.77. The minimum absolute atomic E-state index is 0.314. The molecule has 2 amide bonds. The molecule has 5 heteroatoms. The van der Waals surface area contributed by atoms with E-state index in [-0.39, 0.29) is 11.8 Å². The Balaban J connectivity index is 1.68. The predicted molar refractivity (Wildman–Crippen MR) is 121 cm³/mol. The minimum Gasteiger partial charge on any atom is -0.497 e. The van der Waals surface area contributed by atoms with Crippen molar-refractivity contribution in [3.8, 4) is 5.75 Å². The lowest BCUT2D eigenvalue weighted by Gasteiger charge is -2.22. The van der Waals surface area contributed by atoms with Crippen molar-refractivity contribution < 1.29 is 14.3 Å². The van der Waals surface area contributed by atoms with E-state index in [4.69, 9.17) is 4.74 Å². The van der Waals surface area contributed by atoms with Gasteiger partial charge in [-0.25, -0.2) is 4.90 Å². The molecule has 0 atom stereocenters. The van der Waals surface area contributed by atoms with Crippen molar-refractivity contribution in [3.05, 3.63) is 95.2 Å². The second-order valence-electron chi connectivity index (χ2n) is 7.77. The summed E-state index contributed by atoms with van der Waals surface area (Å²) in [6.07, 6.45) is 0.835. The van der Waals surface area contributed by atoms with E-state index in [1.54, 1.807) is 31.4 Å². The molecule has 0 spiro atoms. The number of ether oxygens (including phenoxy) is 1. The maximum atomic E-state index is 13.7. The Labute approximate surface area is 181 Å². The predicted octanol–water partition coefficient (Wildman–Crippen LogP) is 4.35. The zero-order valence-electron chi connectivity index (χ0n) is 17.5. The van der Waals surface area contributed by atoms with Gasteiger partial charge < -0.3 is 9.64 Å². The number of hydrogen-bond donors (Lipinski definition) is 0. The Hall–Kier alpha value is -3.86. The molecular formula is C26H22N2O3. The van der Waals surface area contributed by atoms with Crippen LogP contribution < -0.4 is 14.5 Å². The molecule has 2 aliphatic rings. The Morgan fingerprint density at radius 2 is 1.65 bits per heavy atom. The van der Waals surface area contributed by atoms with Crippen molar-refractivity contribution in [1.29, 1.82) is 0 Å². The first kappa shape index (κ1) is 19.1. The van der Waals surface area contributed by atoms with Crippen LogP contribution >= 0.6 is 0 Å². The van der Waals surface area contributed by atoms with Gasteiger partial charge in [-0.3, -0.25) is 9.59 Å². The fourth-order valence-corrected chi connectivity index (χ4v) is 4.30. The molecule has 0 radical (unpaired) electrons. The first-order valence-electron chi connectivity index (χ1n) is 10.3. The SMILES string of the molecule is COc1cccc(N2C(=O)C(c3ccc(C)cc3)=C(N3CCc4ccccc43)C2=O)c1. The van der Waals surface area contributed by atoms with Crippen molar-refractivity contribution >= 4 is 28.8 Å². The van der Waals surface area contributed by atoms with Gasteiger partial charge in [-0.2, -0.15) is 0 Å². The maximum absolute atomic E-state index is 13.7. The highest BCUT2D eigenvalue weighted by Gasteiger charge is 2.44. The molecule has 0 saturated heterocycles. The number of rotatable bonds is 4. The molecule has 2 heterocycles. The molecule has 0 aliphatic carbocycles. The second kappa shape index (κ2) is 7.43. The molecular weight excluding hydrogens is 388 g/mol. The van der Waals surface area contributed by atoms with Crippen LogP contribution in [0.4, 0.5) is 11.4 Å². The number of imide groups is 1. The zero-order valence-corrected chi connectivity index (χ0v) is 17.5. The van der Waals surface area contributed by atoms with Gasteiger partial charge >= 0.3 is 0 Å². The van der Waals surface area contributed by atoms with E-state index >= 15 is 0 Å². The third-order valence-electron chi connectivity index (χ3n) is 5.87. The lowest BCUT2D eigenvalue weighted by molar-refractivity contribution is -0.120. The van der Waals surface area contributed by atoms with Crippen molar-refractivity contribution in [2.24, 2.45) is 0 Å². The summed E-state index contributed by atoms with van der Waals surface area (Å²) in [7, 11) is 1.56. The first-order chi connectivity index (χ1) is 15.1. The van der Waals surface area contributed by atoms with Crippen LogP contribution in [0.2, 0.25) is 0 Å². The normalized spacial score (nSPS) is 15.7. The van der Waals surface area contributed by atoms with Crippen LogP contribution in [-0.2, 0) is 16.0 Å². The van der Waals surface area contributed by atoms with Crippen molar-refractivity contribution in [2.75, 3.05) is 23.5 Å². The van der Waals surface area contributed by atoms with Crippen LogP contribution in [0.3, 0.4) is 0 Å². The van der Waals surface area contributed by atoms with Crippen molar-refractivity contribution in [3.63, 3.8) is 0 Å². The Morgan fingerprint density at radius 1 is 0.871 bits per heavy atom. The number of hydrogen-bond acceptors (Lipinski definition) is 4. The highest BCUT2D eigenvalue weighted by molar-refractivity contribution is 6.46. The molecule has 0 saturated carbocycles. The highest BCUT2D eigenvalue weighted by Crippen LogP contribution is 2.40. The summed E-state index contributed by atoms with van der Waals surface area (Å²) in [6, 6.07) is 22.8. The molecule has 0 aromatic heterocycles. The lowest BCUT2D eigenvalue weighted by Crippen LogP contribution is -2.34. The van der Waals surface area contributed by atoms with Gasteiger partial charge in [0.1, 0.15) is 11.4 Å². The van der Waals surface area contributed by atoms with Gasteiger partial charge in [-0.15, -0.1) is 0 Å². The van der Waals surface area contributed by atoms with Crippen LogP contribution in [0, 0.1) is 6.92 Å². The van der Waals surface area contributed by atoms with E-state index in [1.165, 1.54) is 10.5 Å². The summed E-state index contributed by atoms with van der Waals surface area (Å²) < 4.78 is 5.31. The van der Waals surface area contributed by atoms with Gasteiger partial charge in [-0.05, 0) is 42.7 Å². The summed E-state index contributed by atoms with van der Waals surface area (Å²) >= 11 is 0. The van der Waals surface area contributed by atoms with Crippen molar-refractivity contribution in [1.82, 2.24) is 0 Å². The van der Waals surface area contributed by atoms with E-state index in [0.29, 0.717) is 29.3 Å². The largest absolute Gasteiger partial charge is 0.497 e. The molecule has 154 valence electrons. The monoisotopic (exact) mass is 410 g/mol. The molecule has 3 aromatic rings. The molecule has 0 unspecified atom stereocenters. The molecule has 5 nitrogen and oxygen atoms in total. The number of fused-ring (bicyclic) bond motifs is 1. The average molecular weight is 410 g/mol. The van der Waals surface area contributed by atoms with Gasteiger partial charge in [0, 0.05) is 18.3 Å². The number of anilines is 2. The number of carbonyl (C=O) groups excluding carboxylic acids is 2. The molecule has 0 bridgehead atoms. The fraction of sp³-hybridized carbons (Fsp3) is 0.154. The number of amides is 2. The maximum Gasteiger partial charge on any atom is 0.282 e. The Bertz CT molecular complexity index is 1230. The summed E-state index contributed by atoms with van der Waals surface area (Å²) in [5, 5.41) is 0. The van der Waals surface area contributed by atoms with Gasteiger partial charge in [-0.1, -0.05) is 54.1 Å². The Morgan fingerprint density at radius 3 is 2.42 bits per heavy atom. The van der Waals surface area contributed by atoms with Crippen LogP contribution in [0.1, 0.15) is 16.7 Å². The topological polar surface area (TPSA) is 49.9 Å². The van der Waals surface area contributed by atoms with Crippen LogP contribution in [0.15, 0.2) is 78.5 Å². The van der Waals surface area contributed by atoms with E-state index < -0.39 is 0 Å². The Kier molecular flexibility index (Phi) is 4.59. The third-order valence-corrected chi connectivity index (χ3v) is 5.87. The number of benzene rings is 3. The number of methoxy groups -OCH3 is 1. The first-order valence-corrected chi connectivity index (χ1v) is 10.3. The van der Waals surface area contributed by atoms with E-state index in [9.17, 15) is 9.59 Å². The number of aryl methyl sites for hydroxylation is 1. The van der Waals surface area contributed by atoms with E-state index in [0.717, 1.165) is 23.2 Å². The highest BCUT2D eigenvalue weighted by atomic mass is 16.5. The number of carbonyl (C=O) groups is 2.